The second-order valence-electron chi connectivity index (χ2n) is 6.52. The van der Waals surface area contributed by atoms with Gasteiger partial charge in [0.25, 0.3) is 0 Å². The molecular formula is C17H25ClN6O. The number of likely N-dealkylation sites (tertiary alicyclic amines) is 1. The number of nitrogens with zero attached hydrogens (tertiary/aromatic N) is 5. The number of piperidine rings is 1. The van der Waals surface area contributed by atoms with E-state index in [1.54, 1.807) is 0 Å². The van der Waals surface area contributed by atoms with Crippen LogP contribution in [0.2, 0.25) is 0 Å². The van der Waals surface area contributed by atoms with Gasteiger partial charge in [0, 0.05) is 24.2 Å². The van der Waals surface area contributed by atoms with Crippen LogP contribution in [-0.4, -0.2) is 49.6 Å². The summed E-state index contributed by atoms with van der Waals surface area (Å²) in [5.41, 5.74) is 8.11. The summed E-state index contributed by atoms with van der Waals surface area (Å²) in [6, 6.07) is 7.99. The van der Waals surface area contributed by atoms with Crippen molar-refractivity contribution in [1.29, 1.82) is 0 Å². The second-order valence-corrected chi connectivity index (χ2v) is 6.52. The number of aromatic nitrogens is 4. The topological polar surface area (TPSA) is 89.9 Å². The second kappa shape index (κ2) is 8.40. The van der Waals surface area contributed by atoms with Gasteiger partial charge >= 0.3 is 0 Å². The van der Waals surface area contributed by atoms with Gasteiger partial charge in [0.15, 0.2) is 0 Å². The predicted octanol–water partition coefficient (Wildman–Crippen LogP) is 1.80. The molecule has 2 N–H and O–H groups in total. The van der Waals surface area contributed by atoms with Gasteiger partial charge in [-0.2, -0.15) is 4.80 Å². The van der Waals surface area contributed by atoms with Crippen LogP contribution in [0.1, 0.15) is 31.7 Å². The summed E-state index contributed by atoms with van der Waals surface area (Å²) >= 11 is 0. The third-order valence-corrected chi connectivity index (χ3v) is 4.52. The Hall–Kier alpha value is -1.99. The van der Waals surface area contributed by atoms with E-state index in [1.807, 2.05) is 43.0 Å². The van der Waals surface area contributed by atoms with Crippen LogP contribution in [0.15, 0.2) is 24.3 Å². The lowest BCUT2D eigenvalue weighted by Crippen LogP contribution is -2.52. The molecule has 1 aliphatic rings. The summed E-state index contributed by atoms with van der Waals surface area (Å²) in [4.78, 5) is 15.9. The van der Waals surface area contributed by atoms with Crippen LogP contribution in [0.25, 0.3) is 11.4 Å². The first-order chi connectivity index (χ1) is 11.5. The van der Waals surface area contributed by atoms with Gasteiger partial charge in [-0.25, -0.2) is 0 Å². The normalized spacial score (nSPS) is 18.5. The number of carbonyl (C=O) groups is 1. The molecule has 1 aromatic carbocycles. The molecule has 136 valence electrons. The maximum absolute atomic E-state index is 12.6. The lowest BCUT2D eigenvalue weighted by Gasteiger charge is -2.37. The van der Waals surface area contributed by atoms with Gasteiger partial charge < -0.3 is 10.6 Å². The molecule has 1 amide bonds. The zero-order valence-electron chi connectivity index (χ0n) is 14.6. The van der Waals surface area contributed by atoms with Crippen molar-refractivity contribution in [2.75, 3.05) is 6.54 Å². The third-order valence-electron chi connectivity index (χ3n) is 4.52. The average Bonchev–Trinajstić information content (AvgIpc) is 3.04. The first-order valence-electron chi connectivity index (χ1n) is 8.44. The van der Waals surface area contributed by atoms with E-state index < -0.39 is 0 Å². The molecule has 1 saturated heterocycles. The van der Waals surface area contributed by atoms with E-state index in [1.165, 1.54) is 10.4 Å². The lowest BCUT2D eigenvalue weighted by molar-refractivity contribution is -0.136. The molecule has 2 unspecified atom stereocenters. The highest BCUT2D eigenvalue weighted by Crippen LogP contribution is 2.19. The molecule has 7 nitrogen and oxygen atoms in total. The Labute approximate surface area is 154 Å². The van der Waals surface area contributed by atoms with E-state index in [-0.39, 0.29) is 36.9 Å². The number of rotatable bonds is 4. The first kappa shape index (κ1) is 19.3. The van der Waals surface area contributed by atoms with Crippen LogP contribution < -0.4 is 5.73 Å². The Morgan fingerprint density at radius 2 is 2.04 bits per heavy atom. The van der Waals surface area contributed by atoms with Crippen LogP contribution >= 0.6 is 12.4 Å². The first-order valence-corrected chi connectivity index (χ1v) is 8.44. The fraction of sp³-hybridized carbons (Fsp3) is 0.529. The molecule has 0 bridgehead atoms. The zero-order valence-corrected chi connectivity index (χ0v) is 15.4. The molecule has 2 aromatic rings. The summed E-state index contributed by atoms with van der Waals surface area (Å²) in [5, 5.41) is 12.4. The van der Waals surface area contributed by atoms with Crippen molar-refractivity contribution in [3.63, 3.8) is 0 Å². The van der Waals surface area contributed by atoms with Crippen LogP contribution in [-0.2, 0) is 11.3 Å². The molecule has 1 fully saturated rings. The van der Waals surface area contributed by atoms with Crippen molar-refractivity contribution >= 4 is 18.3 Å². The van der Waals surface area contributed by atoms with Gasteiger partial charge in [0.1, 0.15) is 6.54 Å². The van der Waals surface area contributed by atoms with Gasteiger partial charge in [-0.3, -0.25) is 4.79 Å². The van der Waals surface area contributed by atoms with E-state index in [0.29, 0.717) is 5.82 Å². The predicted molar refractivity (Wildman–Crippen MR) is 98.2 cm³/mol. The molecule has 0 radical (unpaired) electrons. The number of nitrogens with two attached hydrogens (primary N) is 1. The van der Waals surface area contributed by atoms with E-state index >= 15 is 0 Å². The number of carbonyl (C=O) groups excluding carboxylic acids is 1. The number of amides is 1. The Bertz CT molecular complexity index is 699. The Morgan fingerprint density at radius 3 is 2.72 bits per heavy atom. The molecule has 1 aromatic heterocycles. The van der Waals surface area contributed by atoms with Crippen molar-refractivity contribution < 1.29 is 4.79 Å². The van der Waals surface area contributed by atoms with E-state index in [4.69, 9.17) is 5.73 Å². The highest BCUT2D eigenvalue weighted by Gasteiger charge is 2.29. The Kier molecular flexibility index (Phi) is 6.50. The number of tetrazole rings is 1. The van der Waals surface area contributed by atoms with Crippen LogP contribution in [0.3, 0.4) is 0 Å². The molecule has 0 aliphatic carbocycles. The molecular weight excluding hydrogens is 340 g/mol. The summed E-state index contributed by atoms with van der Waals surface area (Å²) in [5.74, 6) is 0.537. The van der Waals surface area contributed by atoms with Crippen molar-refractivity contribution in [3.8, 4) is 11.4 Å². The average molecular weight is 365 g/mol. The number of benzene rings is 1. The Morgan fingerprint density at radius 1 is 1.32 bits per heavy atom. The largest absolute Gasteiger partial charge is 0.337 e. The van der Waals surface area contributed by atoms with Gasteiger partial charge in [-0.15, -0.1) is 22.6 Å². The van der Waals surface area contributed by atoms with Crippen LogP contribution in [0, 0.1) is 6.92 Å². The minimum Gasteiger partial charge on any atom is -0.337 e. The van der Waals surface area contributed by atoms with E-state index in [2.05, 4.69) is 15.4 Å². The molecule has 2 atom stereocenters. The van der Waals surface area contributed by atoms with Gasteiger partial charge in [0.05, 0.1) is 0 Å². The van der Waals surface area contributed by atoms with Crippen molar-refractivity contribution in [3.05, 3.63) is 29.8 Å². The molecule has 0 spiro atoms. The molecule has 8 heteroatoms. The third kappa shape index (κ3) is 4.55. The Balaban J connectivity index is 0.00000225. The fourth-order valence-electron chi connectivity index (χ4n) is 3.15. The number of halogens is 1. The molecule has 0 saturated carbocycles. The van der Waals surface area contributed by atoms with E-state index in [9.17, 15) is 4.79 Å². The maximum atomic E-state index is 12.6. The lowest BCUT2D eigenvalue weighted by atomic mass is 9.97. The molecule has 3 rings (SSSR count). The summed E-state index contributed by atoms with van der Waals surface area (Å²) in [6.45, 7) is 4.84. The summed E-state index contributed by atoms with van der Waals surface area (Å²) in [6.07, 6.45) is 3.10. The zero-order chi connectivity index (χ0) is 17.1. The fourth-order valence-corrected chi connectivity index (χ4v) is 3.15. The van der Waals surface area contributed by atoms with Gasteiger partial charge in [-0.05, 0) is 38.3 Å². The van der Waals surface area contributed by atoms with Gasteiger partial charge in [0.2, 0.25) is 11.7 Å². The summed E-state index contributed by atoms with van der Waals surface area (Å²) in [7, 11) is 0. The minimum atomic E-state index is -0.0268. The molecule has 1 aliphatic heterocycles. The molecule has 2 heterocycles. The van der Waals surface area contributed by atoms with Crippen molar-refractivity contribution in [1.82, 2.24) is 25.1 Å². The highest BCUT2D eigenvalue weighted by atomic mass is 35.5. The smallest absolute Gasteiger partial charge is 0.246 e. The summed E-state index contributed by atoms with van der Waals surface area (Å²) < 4.78 is 0. The maximum Gasteiger partial charge on any atom is 0.246 e. The van der Waals surface area contributed by atoms with Gasteiger partial charge in [-0.1, -0.05) is 29.8 Å². The number of hydrogen-bond donors (Lipinski definition) is 1. The quantitative estimate of drug-likeness (QED) is 0.893. The minimum absolute atomic E-state index is 0. The molecule has 25 heavy (non-hydrogen) atoms. The van der Waals surface area contributed by atoms with Crippen molar-refractivity contribution in [2.24, 2.45) is 5.73 Å². The van der Waals surface area contributed by atoms with Crippen LogP contribution in [0.5, 0.6) is 0 Å². The van der Waals surface area contributed by atoms with Crippen LogP contribution in [0.4, 0.5) is 0 Å². The van der Waals surface area contributed by atoms with E-state index in [0.717, 1.165) is 31.4 Å². The number of hydrogen-bond acceptors (Lipinski definition) is 5. The number of aryl methyl sites for hydroxylation is 1. The monoisotopic (exact) mass is 364 g/mol. The SMILES string of the molecule is Cc1ccc(-c2nnn(CC(=O)N3CCCCC3C(C)N)n2)cc1.Cl. The standard InChI is InChI=1S/C17H24N6O.ClH/c1-12-6-8-14(9-7-12)17-19-21-23(20-17)11-16(24)22-10-4-3-5-15(22)13(2)18;/h6-9,13,15H,3-5,10-11,18H2,1-2H3;1H. The highest BCUT2D eigenvalue weighted by molar-refractivity contribution is 5.85. The van der Waals surface area contributed by atoms with Crippen molar-refractivity contribution in [2.45, 2.75) is 51.7 Å².